The van der Waals surface area contributed by atoms with E-state index in [-0.39, 0.29) is 59.4 Å². The van der Waals surface area contributed by atoms with Gasteiger partial charge in [-0.3, -0.25) is 9.59 Å². The summed E-state index contributed by atoms with van der Waals surface area (Å²) >= 11 is 0. The van der Waals surface area contributed by atoms with Crippen molar-refractivity contribution < 1.29 is 45.9 Å². The number of aliphatic hydroxyl groups is 1. The summed E-state index contributed by atoms with van der Waals surface area (Å²) in [5.41, 5.74) is -4.13. The number of nitrogens with one attached hydrogen (secondary N) is 2. The third-order valence-corrected chi connectivity index (χ3v) is 10.1. The van der Waals surface area contributed by atoms with Crippen LogP contribution >= 0.6 is 0 Å². The molecule has 0 aliphatic carbocycles. The van der Waals surface area contributed by atoms with E-state index in [2.05, 4.69) is 15.0 Å². The number of benzene rings is 2. The molecule has 3 heterocycles. The minimum Gasteiger partial charge on any atom is -0.496 e. The number of fused-ring (bicyclic) bond motifs is 2. The summed E-state index contributed by atoms with van der Waals surface area (Å²) in [5, 5.41) is 14.1. The number of methoxy groups -OCH3 is 1. The van der Waals surface area contributed by atoms with Crippen LogP contribution in [0.15, 0.2) is 42.5 Å². The lowest BCUT2D eigenvalue weighted by Gasteiger charge is -2.32. The average molecular weight is 678 g/mol. The predicted molar refractivity (Wildman–Crippen MR) is 166 cm³/mol. The normalized spacial score (nSPS) is 19.6. The quantitative estimate of drug-likeness (QED) is 0.212. The third-order valence-electron chi connectivity index (χ3n) is 8.33. The molecule has 0 fully saturated rings. The summed E-state index contributed by atoms with van der Waals surface area (Å²) < 4.78 is 85.2. The van der Waals surface area contributed by atoms with Crippen molar-refractivity contribution in [1.82, 2.24) is 15.0 Å². The fourth-order valence-corrected chi connectivity index (χ4v) is 6.40. The zero-order chi connectivity index (χ0) is 34.5. The van der Waals surface area contributed by atoms with Crippen LogP contribution < -0.4 is 19.5 Å². The lowest BCUT2D eigenvalue weighted by Crippen LogP contribution is -2.47. The lowest BCUT2D eigenvalue weighted by molar-refractivity contribution is -0.270. The summed E-state index contributed by atoms with van der Waals surface area (Å²) in [6.45, 7) is 6.80. The maximum Gasteiger partial charge on any atom is 0.422 e. The van der Waals surface area contributed by atoms with Gasteiger partial charge < -0.3 is 19.9 Å². The van der Waals surface area contributed by atoms with Gasteiger partial charge in [-0.25, -0.2) is 18.3 Å². The van der Waals surface area contributed by atoms with Gasteiger partial charge in [0, 0.05) is 35.2 Å². The highest BCUT2D eigenvalue weighted by atomic mass is 32.2. The van der Waals surface area contributed by atoms with Crippen LogP contribution in [-0.2, 0) is 39.9 Å². The number of nitrogens with zero attached hydrogens (tertiary/aromatic N) is 1. The van der Waals surface area contributed by atoms with Gasteiger partial charge in [0.15, 0.2) is 11.5 Å². The van der Waals surface area contributed by atoms with Crippen molar-refractivity contribution in [2.45, 2.75) is 75.6 Å². The molecule has 3 N–H and O–H groups in total. The molecule has 9 nitrogen and oxygen atoms in total. The molecule has 0 radical (unpaired) electrons. The molecule has 252 valence electrons. The first-order chi connectivity index (χ1) is 21.9. The van der Waals surface area contributed by atoms with E-state index < -0.39 is 63.2 Å². The maximum atomic E-state index is 14.9. The number of pyridine rings is 1. The molecule has 3 unspecified atom stereocenters. The van der Waals surface area contributed by atoms with Crippen LogP contribution in [0.1, 0.15) is 73.3 Å². The van der Waals surface area contributed by atoms with Crippen molar-refractivity contribution in [3.63, 3.8) is 0 Å². The van der Waals surface area contributed by atoms with E-state index in [1.165, 1.54) is 31.4 Å². The second-order valence-electron chi connectivity index (χ2n) is 12.9. The van der Waals surface area contributed by atoms with Gasteiger partial charge in [0.1, 0.15) is 23.9 Å². The monoisotopic (exact) mass is 677 g/mol. The number of alkyl halides is 3. The van der Waals surface area contributed by atoms with E-state index in [9.17, 15) is 36.5 Å². The molecule has 3 aromatic rings. The largest absolute Gasteiger partial charge is 0.496 e. The lowest BCUT2D eigenvalue weighted by atomic mass is 9.86. The molecular weight excluding hydrogens is 642 g/mol. The Hall–Kier alpha value is -3.88. The third kappa shape index (κ3) is 6.63. The number of Topliss-reactive ketones (excluding diaryl/α,β-unsaturated/α-hetero) is 1. The van der Waals surface area contributed by atoms with Gasteiger partial charge in [-0.1, -0.05) is 0 Å². The first-order valence-electron chi connectivity index (χ1n) is 14.8. The van der Waals surface area contributed by atoms with Crippen molar-refractivity contribution in [3.8, 4) is 22.8 Å². The topological polar surface area (TPSA) is 127 Å². The molecule has 0 saturated heterocycles. The van der Waals surface area contributed by atoms with Crippen molar-refractivity contribution in [3.05, 3.63) is 76.2 Å². The molecule has 0 saturated carbocycles. The second-order valence-corrected chi connectivity index (χ2v) is 14.9. The number of ketones is 1. The van der Waals surface area contributed by atoms with Gasteiger partial charge in [-0.05, 0) is 82.1 Å². The molecule has 2 aliphatic heterocycles. The van der Waals surface area contributed by atoms with Gasteiger partial charge in [-0.15, -0.1) is 0 Å². The fourth-order valence-electron chi connectivity index (χ4n) is 5.52. The van der Waals surface area contributed by atoms with Crippen LogP contribution in [0.4, 0.5) is 17.6 Å². The van der Waals surface area contributed by atoms with E-state index in [0.717, 1.165) is 18.2 Å². The Bertz CT molecular complexity index is 1740. The summed E-state index contributed by atoms with van der Waals surface area (Å²) in [7, 11) is -0.311. The number of carbonyl (C=O) groups excluding carboxylic acids is 2. The first-order valence-corrected chi connectivity index (χ1v) is 15.9. The van der Waals surface area contributed by atoms with Crippen LogP contribution in [0.3, 0.4) is 0 Å². The number of hydrogen-bond acceptors (Lipinski definition) is 7. The standard InChI is InChI=1S/C33H35F4N3O6S/c1-30(2,3)47(44)40-31(4)17-46-29-23(31)15-26(39-28(29)18-6-8-21(34)9-7-18)32(43,33(35,36)37)11-10-24(41)19-12-20-16-38-27(42)14-22(20)25(13-19)45-5/h6-9,12-13,15,40,43H,10-11,14,16-17H2,1-5H3,(H,38,42). The Kier molecular flexibility index (Phi) is 9.01. The smallest absolute Gasteiger partial charge is 0.422 e. The van der Waals surface area contributed by atoms with Crippen LogP contribution in [-0.4, -0.2) is 50.6 Å². The van der Waals surface area contributed by atoms with Crippen molar-refractivity contribution >= 4 is 22.7 Å². The SMILES string of the molecule is COc1cc(C(=O)CCC(O)(c2cc3c(c(-c4ccc(F)cc4)n2)OCC3(C)NS(=O)C(C)(C)C)C(F)(F)F)cc2c1CC(=O)NC2. The molecule has 1 aromatic heterocycles. The number of rotatable bonds is 9. The number of aromatic nitrogens is 1. The summed E-state index contributed by atoms with van der Waals surface area (Å²) in [6.07, 6.45) is -7.07. The van der Waals surface area contributed by atoms with E-state index in [0.29, 0.717) is 11.1 Å². The number of ether oxygens (including phenoxy) is 2. The van der Waals surface area contributed by atoms with Crippen LogP contribution in [0.5, 0.6) is 11.5 Å². The zero-order valence-corrected chi connectivity index (χ0v) is 27.2. The molecule has 5 rings (SSSR count). The van der Waals surface area contributed by atoms with Crippen molar-refractivity contribution in [2.75, 3.05) is 13.7 Å². The number of hydrogen-bond donors (Lipinski definition) is 3. The number of amides is 1. The van der Waals surface area contributed by atoms with E-state index >= 15 is 0 Å². The predicted octanol–water partition coefficient (Wildman–Crippen LogP) is 5.14. The molecule has 47 heavy (non-hydrogen) atoms. The molecule has 14 heteroatoms. The number of halogens is 4. The van der Waals surface area contributed by atoms with E-state index in [1.807, 2.05) is 0 Å². The van der Waals surface area contributed by atoms with Gasteiger partial charge in [-0.2, -0.15) is 13.2 Å². The highest BCUT2D eigenvalue weighted by Crippen LogP contribution is 2.49. The van der Waals surface area contributed by atoms with Crippen LogP contribution in [0.2, 0.25) is 0 Å². The molecule has 0 bridgehead atoms. The van der Waals surface area contributed by atoms with Crippen LogP contribution in [0, 0.1) is 5.82 Å². The van der Waals surface area contributed by atoms with Crippen molar-refractivity contribution in [2.24, 2.45) is 0 Å². The first kappa shape index (κ1) is 34.5. The number of carbonyl (C=O) groups is 2. The molecule has 2 aromatic carbocycles. The fraction of sp³-hybridized carbons (Fsp3) is 0.424. The van der Waals surface area contributed by atoms with Gasteiger partial charge in [0.2, 0.25) is 11.5 Å². The van der Waals surface area contributed by atoms with E-state index in [1.54, 1.807) is 27.7 Å². The van der Waals surface area contributed by atoms with E-state index in [4.69, 9.17) is 9.47 Å². The Labute approximate surface area is 271 Å². The highest BCUT2D eigenvalue weighted by molar-refractivity contribution is 7.84. The molecule has 2 aliphatic rings. The Morgan fingerprint density at radius 2 is 1.85 bits per heavy atom. The molecule has 3 atom stereocenters. The summed E-state index contributed by atoms with van der Waals surface area (Å²) in [6, 6.07) is 8.80. The maximum absolute atomic E-state index is 14.9. The minimum atomic E-state index is -5.29. The minimum absolute atomic E-state index is 0.0298. The molecular formula is C33H35F4N3O6S. The van der Waals surface area contributed by atoms with Crippen molar-refractivity contribution in [1.29, 1.82) is 0 Å². The summed E-state index contributed by atoms with van der Waals surface area (Å²) in [4.78, 5) is 29.5. The molecule has 0 spiro atoms. The second kappa shape index (κ2) is 12.3. The van der Waals surface area contributed by atoms with Gasteiger partial charge >= 0.3 is 6.18 Å². The highest BCUT2D eigenvalue weighted by Gasteiger charge is 2.57. The Balaban J connectivity index is 1.57. The average Bonchev–Trinajstić information content (AvgIpc) is 3.33. The Morgan fingerprint density at radius 3 is 2.47 bits per heavy atom. The summed E-state index contributed by atoms with van der Waals surface area (Å²) in [5.74, 6) is -1.15. The zero-order valence-electron chi connectivity index (χ0n) is 26.4. The molecule has 1 amide bonds. The van der Waals surface area contributed by atoms with Gasteiger partial charge in [0.25, 0.3) is 0 Å². The van der Waals surface area contributed by atoms with Crippen LogP contribution in [0.25, 0.3) is 11.3 Å². The van der Waals surface area contributed by atoms with Gasteiger partial charge in [0.05, 0.1) is 40.5 Å². The Morgan fingerprint density at radius 1 is 1.17 bits per heavy atom.